The number of hydrogen-bond donors (Lipinski definition) is 0. The normalized spacial score (nSPS) is 11.2. The van der Waals surface area contributed by atoms with Crippen LogP contribution in [0.15, 0.2) is 72.8 Å². The summed E-state index contributed by atoms with van der Waals surface area (Å²) in [6, 6.07) is 22.2. The van der Waals surface area contributed by atoms with Crippen LogP contribution in [-0.2, 0) is 0 Å². The zero-order valence-electron chi connectivity index (χ0n) is 11.7. The molecule has 22 heavy (non-hydrogen) atoms. The molecule has 0 saturated heterocycles. The van der Waals surface area contributed by atoms with Gasteiger partial charge in [0.2, 0.25) is 0 Å². The zero-order valence-corrected chi connectivity index (χ0v) is 11.7. The Morgan fingerprint density at radius 1 is 0.545 bits per heavy atom. The van der Waals surface area contributed by atoms with E-state index in [1.54, 1.807) is 6.07 Å². The van der Waals surface area contributed by atoms with Gasteiger partial charge >= 0.3 is 0 Å². The standard InChI is InChI=1S/C20H12F2/c21-19-10-9-14(12-20(19)22)18-11-13-5-1-2-6-15(13)16-7-3-4-8-17(16)18/h1-12H. The van der Waals surface area contributed by atoms with E-state index in [2.05, 4.69) is 12.1 Å². The molecule has 4 rings (SSSR count). The van der Waals surface area contributed by atoms with Crippen LogP contribution in [-0.4, -0.2) is 0 Å². The largest absolute Gasteiger partial charge is 0.204 e. The summed E-state index contributed by atoms with van der Waals surface area (Å²) >= 11 is 0. The molecule has 0 radical (unpaired) electrons. The molecule has 0 unspecified atom stereocenters. The smallest absolute Gasteiger partial charge is 0.159 e. The first-order chi connectivity index (χ1) is 10.7. The fourth-order valence-electron chi connectivity index (χ4n) is 2.96. The van der Waals surface area contributed by atoms with Crippen molar-refractivity contribution in [3.05, 3.63) is 84.4 Å². The third-order valence-corrected chi connectivity index (χ3v) is 4.00. The Morgan fingerprint density at radius 3 is 2.00 bits per heavy atom. The van der Waals surface area contributed by atoms with E-state index in [1.807, 2.05) is 42.5 Å². The number of rotatable bonds is 1. The lowest BCUT2D eigenvalue weighted by atomic mass is 9.93. The molecule has 2 heteroatoms. The summed E-state index contributed by atoms with van der Waals surface area (Å²) in [5.74, 6) is -1.65. The summed E-state index contributed by atoms with van der Waals surface area (Å²) < 4.78 is 26.8. The molecule has 106 valence electrons. The molecule has 0 amide bonds. The van der Waals surface area contributed by atoms with Gasteiger partial charge in [-0.1, -0.05) is 54.6 Å². The monoisotopic (exact) mass is 290 g/mol. The quantitative estimate of drug-likeness (QED) is 0.381. The first kappa shape index (κ1) is 13.0. The zero-order chi connectivity index (χ0) is 15.1. The number of fused-ring (bicyclic) bond motifs is 3. The van der Waals surface area contributed by atoms with Crippen LogP contribution >= 0.6 is 0 Å². The van der Waals surface area contributed by atoms with E-state index in [-0.39, 0.29) is 0 Å². The lowest BCUT2D eigenvalue weighted by Gasteiger charge is -2.11. The predicted molar refractivity (Wildman–Crippen MR) is 86.8 cm³/mol. The van der Waals surface area contributed by atoms with Gasteiger partial charge in [-0.2, -0.15) is 0 Å². The van der Waals surface area contributed by atoms with Crippen LogP contribution in [0.25, 0.3) is 32.7 Å². The minimum absolute atomic E-state index is 0.681. The fraction of sp³-hybridized carbons (Fsp3) is 0. The van der Waals surface area contributed by atoms with Crippen LogP contribution in [0.3, 0.4) is 0 Å². The fourth-order valence-corrected chi connectivity index (χ4v) is 2.96. The molecule has 0 atom stereocenters. The summed E-state index contributed by atoms with van der Waals surface area (Å²) in [6.45, 7) is 0. The van der Waals surface area contributed by atoms with Gasteiger partial charge in [-0.25, -0.2) is 8.78 Å². The van der Waals surface area contributed by atoms with E-state index >= 15 is 0 Å². The first-order valence-electron chi connectivity index (χ1n) is 7.10. The minimum atomic E-state index is -0.825. The molecule has 0 aliphatic heterocycles. The molecule has 0 N–H and O–H groups in total. The number of benzene rings is 4. The van der Waals surface area contributed by atoms with Crippen molar-refractivity contribution in [2.75, 3.05) is 0 Å². The van der Waals surface area contributed by atoms with Crippen molar-refractivity contribution in [1.29, 1.82) is 0 Å². The Hall–Kier alpha value is -2.74. The van der Waals surface area contributed by atoms with Crippen molar-refractivity contribution in [2.45, 2.75) is 0 Å². The van der Waals surface area contributed by atoms with Crippen LogP contribution in [0.2, 0.25) is 0 Å². The Bertz CT molecular complexity index is 1000. The highest BCUT2D eigenvalue weighted by molar-refractivity contribution is 6.13. The lowest BCUT2D eigenvalue weighted by Crippen LogP contribution is -1.88. The SMILES string of the molecule is Fc1ccc(-c2cc3ccccc3c3ccccc23)cc1F. The van der Waals surface area contributed by atoms with E-state index in [9.17, 15) is 8.78 Å². The maximum absolute atomic E-state index is 13.6. The van der Waals surface area contributed by atoms with Gasteiger partial charge in [0.05, 0.1) is 0 Å². The van der Waals surface area contributed by atoms with Gasteiger partial charge in [0.15, 0.2) is 11.6 Å². The van der Waals surface area contributed by atoms with Crippen molar-refractivity contribution >= 4 is 21.5 Å². The van der Waals surface area contributed by atoms with Crippen molar-refractivity contribution in [3.63, 3.8) is 0 Å². The molecule has 0 nitrogen and oxygen atoms in total. The molecular weight excluding hydrogens is 278 g/mol. The maximum atomic E-state index is 13.6. The van der Waals surface area contributed by atoms with E-state index < -0.39 is 11.6 Å². The van der Waals surface area contributed by atoms with Crippen LogP contribution in [0.4, 0.5) is 8.78 Å². The second-order valence-corrected chi connectivity index (χ2v) is 5.32. The van der Waals surface area contributed by atoms with E-state index in [4.69, 9.17) is 0 Å². The number of halogens is 2. The van der Waals surface area contributed by atoms with E-state index in [0.717, 1.165) is 27.1 Å². The van der Waals surface area contributed by atoms with Crippen LogP contribution in [0.1, 0.15) is 0 Å². The Morgan fingerprint density at radius 2 is 1.23 bits per heavy atom. The highest BCUT2D eigenvalue weighted by atomic mass is 19.2. The maximum Gasteiger partial charge on any atom is 0.159 e. The van der Waals surface area contributed by atoms with Crippen LogP contribution in [0.5, 0.6) is 0 Å². The van der Waals surface area contributed by atoms with Crippen molar-refractivity contribution in [1.82, 2.24) is 0 Å². The Balaban J connectivity index is 2.13. The second-order valence-electron chi connectivity index (χ2n) is 5.32. The molecule has 4 aromatic rings. The molecule has 0 saturated carbocycles. The summed E-state index contributed by atoms with van der Waals surface area (Å²) in [5.41, 5.74) is 1.59. The van der Waals surface area contributed by atoms with E-state index in [1.165, 1.54) is 12.1 Å². The average molecular weight is 290 g/mol. The predicted octanol–water partition coefficient (Wildman–Crippen LogP) is 5.94. The first-order valence-corrected chi connectivity index (χ1v) is 7.10. The highest BCUT2D eigenvalue weighted by Gasteiger charge is 2.10. The molecule has 0 heterocycles. The molecule has 0 spiro atoms. The average Bonchev–Trinajstić information content (AvgIpc) is 2.57. The summed E-state index contributed by atoms with van der Waals surface area (Å²) in [6.07, 6.45) is 0. The third kappa shape index (κ3) is 1.96. The molecule has 0 aliphatic rings. The minimum Gasteiger partial charge on any atom is -0.204 e. The van der Waals surface area contributed by atoms with Gasteiger partial charge in [0, 0.05) is 0 Å². The molecule has 0 fully saturated rings. The van der Waals surface area contributed by atoms with Crippen molar-refractivity contribution < 1.29 is 8.78 Å². The Labute approximate surface area is 126 Å². The van der Waals surface area contributed by atoms with Crippen molar-refractivity contribution in [3.8, 4) is 11.1 Å². The van der Waals surface area contributed by atoms with Gasteiger partial charge in [0.25, 0.3) is 0 Å². The lowest BCUT2D eigenvalue weighted by molar-refractivity contribution is 0.509. The van der Waals surface area contributed by atoms with Gasteiger partial charge in [0.1, 0.15) is 0 Å². The van der Waals surface area contributed by atoms with Crippen LogP contribution in [0, 0.1) is 11.6 Å². The van der Waals surface area contributed by atoms with Crippen LogP contribution < -0.4 is 0 Å². The van der Waals surface area contributed by atoms with Gasteiger partial charge < -0.3 is 0 Å². The molecule has 0 aliphatic carbocycles. The summed E-state index contributed by atoms with van der Waals surface area (Å²) in [4.78, 5) is 0. The van der Waals surface area contributed by atoms with Gasteiger partial charge in [-0.15, -0.1) is 0 Å². The summed E-state index contributed by atoms with van der Waals surface area (Å²) in [7, 11) is 0. The van der Waals surface area contributed by atoms with Gasteiger partial charge in [-0.3, -0.25) is 0 Å². The van der Waals surface area contributed by atoms with Gasteiger partial charge in [-0.05, 0) is 50.9 Å². The van der Waals surface area contributed by atoms with E-state index in [0.29, 0.717) is 5.56 Å². The van der Waals surface area contributed by atoms with Crippen molar-refractivity contribution in [2.24, 2.45) is 0 Å². The topological polar surface area (TPSA) is 0 Å². The number of hydrogen-bond acceptors (Lipinski definition) is 0. The highest BCUT2D eigenvalue weighted by Crippen LogP contribution is 2.35. The Kier molecular flexibility index (Phi) is 2.90. The molecule has 4 aromatic carbocycles. The molecule has 0 aromatic heterocycles. The molecule has 0 bridgehead atoms. The second kappa shape index (κ2) is 4.92. The molecular formula is C20H12F2. The summed E-state index contributed by atoms with van der Waals surface area (Å²) in [5, 5.41) is 4.39. The third-order valence-electron chi connectivity index (χ3n) is 4.00.